The number of ether oxygens (including phenoxy) is 1. The second-order valence-electron chi connectivity index (χ2n) is 7.14. The lowest BCUT2D eigenvalue weighted by molar-refractivity contribution is 0.0522. The Balaban J connectivity index is 1.48. The van der Waals surface area contributed by atoms with Crippen LogP contribution in [0.4, 0.5) is 5.82 Å². The highest BCUT2D eigenvalue weighted by Gasteiger charge is 2.27. The molecule has 3 heterocycles. The average Bonchev–Trinajstić information content (AvgIpc) is 2.73. The molecule has 7 heteroatoms. The average molecular weight is 377 g/mol. The first kappa shape index (κ1) is 18.2. The molecule has 0 N–H and O–H groups in total. The summed E-state index contributed by atoms with van der Waals surface area (Å²) in [6.45, 7) is 1.22. The van der Waals surface area contributed by atoms with Gasteiger partial charge in [-0.3, -0.25) is 9.78 Å². The van der Waals surface area contributed by atoms with Gasteiger partial charge in [0.1, 0.15) is 11.8 Å². The lowest BCUT2D eigenvalue weighted by atomic mass is 10.1. The van der Waals surface area contributed by atoms with Crippen molar-refractivity contribution in [3.63, 3.8) is 0 Å². The van der Waals surface area contributed by atoms with E-state index in [9.17, 15) is 4.79 Å². The van der Waals surface area contributed by atoms with Gasteiger partial charge in [-0.25, -0.2) is 0 Å². The summed E-state index contributed by atoms with van der Waals surface area (Å²) in [5, 5.41) is 10.2. The molecule has 0 radical (unpaired) electrons. The Kier molecular flexibility index (Phi) is 5.06. The number of likely N-dealkylation sites (tertiary alicyclic amines) is 1. The molecule has 1 fully saturated rings. The van der Waals surface area contributed by atoms with E-state index >= 15 is 0 Å². The summed E-state index contributed by atoms with van der Waals surface area (Å²) in [6.07, 6.45) is 3.34. The van der Waals surface area contributed by atoms with Crippen LogP contribution in [0.5, 0.6) is 5.88 Å². The van der Waals surface area contributed by atoms with Crippen molar-refractivity contribution >= 4 is 22.5 Å². The number of carbonyl (C=O) groups is 1. The van der Waals surface area contributed by atoms with Gasteiger partial charge in [0.25, 0.3) is 5.91 Å². The van der Waals surface area contributed by atoms with Crippen molar-refractivity contribution in [1.29, 1.82) is 0 Å². The summed E-state index contributed by atoms with van der Waals surface area (Å²) in [7, 11) is 3.83. The largest absolute Gasteiger partial charge is 0.471 e. The van der Waals surface area contributed by atoms with Gasteiger partial charge in [0, 0.05) is 38.3 Å². The second kappa shape index (κ2) is 7.80. The van der Waals surface area contributed by atoms with Crippen LogP contribution in [0, 0.1) is 0 Å². The fourth-order valence-corrected chi connectivity index (χ4v) is 3.44. The minimum Gasteiger partial charge on any atom is -0.471 e. The summed E-state index contributed by atoms with van der Waals surface area (Å²) in [4.78, 5) is 21.2. The highest BCUT2D eigenvalue weighted by molar-refractivity contribution is 6.05. The number of amides is 1. The van der Waals surface area contributed by atoms with Crippen LogP contribution < -0.4 is 9.64 Å². The van der Waals surface area contributed by atoms with Crippen LogP contribution >= 0.6 is 0 Å². The van der Waals surface area contributed by atoms with Gasteiger partial charge in [0.2, 0.25) is 5.88 Å². The van der Waals surface area contributed by atoms with Gasteiger partial charge < -0.3 is 14.5 Å². The smallest absolute Gasteiger partial charge is 0.273 e. The zero-order valence-corrected chi connectivity index (χ0v) is 16.1. The van der Waals surface area contributed by atoms with Crippen LogP contribution in [-0.2, 0) is 0 Å². The standard InChI is InChI=1S/C21H23N5O2/c1-25(2)18-9-10-19(24-23-18)28-16-7-5-13-26(14-16)21(27)20-17-8-4-3-6-15(17)11-12-22-20/h3-4,6,8-12,16H,5,7,13-14H2,1-2H3. The fraction of sp³-hybridized carbons (Fsp3) is 0.333. The third-order valence-electron chi connectivity index (χ3n) is 4.91. The van der Waals surface area contributed by atoms with Crippen LogP contribution in [0.15, 0.2) is 48.7 Å². The monoisotopic (exact) mass is 377 g/mol. The molecule has 0 spiro atoms. The molecule has 0 bridgehead atoms. The molecule has 1 aromatic carbocycles. The minimum absolute atomic E-state index is 0.0564. The van der Waals surface area contributed by atoms with E-state index in [0.717, 1.165) is 29.4 Å². The van der Waals surface area contributed by atoms with Crippen molar-refractivity contribution in [2.24, 2.45) is 0 Å². The van der Waals surface area contributed by atoms with Gasteiger partial charge in [-0.1, -0.05) is 24.3 Å². The molecule has 1 unspecified atom stereocenters. The van der Waals surface area contributed by atoms with Crippen LogP contribution in [0.1, 0.15) is 23.3 Å². The van der Waals surface area contributed by atoms with Crippen molar-refractivity contribution in [2.75, 3.05) is 32.1 Å². The summed E-state index contributed by atoms with van der Waals surface area (Å²) in [5.74, 6) is 1.20. The second-order valence-corrected chi connectivity index (χ2v) is 7.14. The number of hydrogen-bond donors (Lipinski definition) is 0. The van der Waals surface area contributed by atoms with E-state index in [4.69, 9.17) is 4.74 Å². The fourth-order valence-electron chi connectivity index (χ4n) is 3.44. The lowest BCUT2D eigenvalue weighted by Gasteiger charge is -2.32. The van der Waals surface area contributed by atoms with Gasteiger partial charge in [0.05, 0.1) is 6.54 Å². The number of hydrogen-bond acceptors (Lipinski definition) is 6. The number of aromatic nitrogens is 3. The third-order valence-corrected chi connectivity index (χ3v) is 4.91. The summed E-state index contributed by atoms with van der Waals surface area (Å²) < 4.78 is 5.99. The van der Waals surface area contributed by atoms with Gasteiger partial charge in [-0.2, -0.15) is 0 Å². The van der Waals surface area contributed by atoms with Crippen LogP contribution in [0.25, 0.3) is 10.8 Å². The van der Waals surface area contributed by atoms with E-state index in [1.54, 1.807) is 6.20 Å². The van der Waals surface area contributed by atoms with Crippen molar-refractivity contribution in [2.45, 2.75) is 18.9 Å². The quantitative estimate of drug-likeness (QED) is 0.696. The maximum atomic E-state index is 13.1. The molecule has 2 aromatic heterocycles. The molecule has 1 aliphatic rings. The number of benzene rings is 1. The Morgan fingerprint density at radius 1 is 1.14 bits per heavy atom. The van der Waals surface area contributed by atoms with Gasteiger partial charge in [0.15, 0.2) is 5.82 Å². The molecule has 1 atom stereocenters. The number of carbonyl (C=O) groups excluding carboxylic acids is 1. The van der Waals surface area contributed by atoms with Crippen LogP contribution in [0.3, 0.4) is 0 Å². The highest BCUT2D eigenvalue weighted by Crippen LogP contribution is 2.22. The molecule has 1 saturated heterocycles. The molecule has 0 aliphatic carbocycles. The maximum Gasteiger partial charge on any atom is 0.273 e. The van der Waals surface area contributed by atoms with Crippen molar-refractivity contribution in [3.8, 4) is 5.88 Å². The summed E-state index contributed by atoms with van der Waals surface area (Å²) >= 11 is 0. The van der Waals surface area contributed by atoms with E-state index in [1.807, 2.05) is 66.4 Å². The van der Waals surface area contributed by atoms with E-state index < -0.39 is 0 Å². The van der Waals surface area contributed by atoms with Crippen molar-refractivity contribution < 1.29 is 9.53 Å². The van der Waals surface area contributed by atoms with Crippen LogP contribution in [0.2, 0.25) is 0 Å². The number of pyridine rings is 1. The molecule has 7 nitrogen and oxygen atoms in total. The van der Waals surface area contributed by atoms with E-state index in [1.165, 1.54) is 0 Å². The molecule has 1 amide bonds. The molecule has 1 aliphatic heterocycles. The molecule has 0 saturated carbocycles. The van der Waals surface area contributed by atoms with E-state index in [-0.39, 0.29) is 12.0 Å². The zero-order chi connectivity index (χ0) is 19.5. The first-order valence-corrected chi connectivity index (χ1v) is 9.42. The highest BCUT2D eigenvalue weighted by atomic mass is 16.5. The third kappa shape index (κ3) is 3.74. The molecule has 28 heavy (non-hydrogen) atoms. The SMILES string of the molecule is CN(C)c1ccc(OC2CCCN(C(=O)c3nccc4ccccc34)C2)nn1. The zero-order valence-electron chi connectivity index (χ0n) is 16.1. The van der Waals surface area contributed by atoms with Crippen LogP contribution in [-0.4, -0.2) is 59.3 Å². The van der Waals surface area contributed by atoms with Gasteiger partial charge in [-0.15, -0.1) is 10.2 Å². The van der Waals surface area contributed by atoms with E-state index in [0.29, 0.717) is 24.7 Å². The normalized spacial score (nSPS) is 16.8. The Hall–Kier alpha value is -3.22. The Bertz CT molecular complexity index is 969. The maximum absolute atomic E-state index is 13.1. The Morgan fingerprint density at radius 2 is 2.00 bits per heavy atom. The summed E-state index contributed by atoms with van der Waals surface area (Å²) in [5.41, 5.74) is 0.494. The molecule has 4 rings (SSSR count). The predicted octanol–water partition coefficient (Wildman–Crippen LogP) is 2.77. The first-order valence-electron chi connectivity index (χ1n) is 9.42. The predicted molar refractivity (Wildman–Crippen MR) is 108 cm³/mol. The molecular formula is C21H23N5O2. The van der Waals surface area contributed by atoms with E-state index in [2.05, 4.69) is 15.2 Å². The number of anilines is 1. The number of fused-ring (bicyclic) bond motifs is 1. The number of piperidine rings is 1. The minimum atomic E-state index is -0.104. The van der Waals surface area contributed by atoms with Gasteiger partial charge >= 0.3 is 0 Å². The van der Waals surface area contributed by atoms with Crippen molar-refractivity contribution in [1.82, 2.24) is 20.1 Å². The lowest BCUT2D eigenvalue weighted by Crippen LogP contribution is -2.44. The number of rotatable bonds is 4. The molecule has 3 aromatic rings. The summed E-state index contributed by atoms with van der Waals surface area (Å²) in [6, 6.07) is 13.4. The van der Waals surface area contributed by atoms with Crippen molar-refractivity contribution in [3.05, 3.63) is 54.4 Å². The topological polar surface area (TPSA) is 71.5 Å². The molecule has 144 valence electrons. The first-order chi connectivity index (χ1) is 13.6. The Morgan fingerprint density at radius 3 is 2.79 bits per heavy atom. The van der Waals surface area contributed by atoms with Gasteiger partial charge in [-0.05, 0) is 30.4 Å². The Labute approximate surface area is 164 Å². The molecular weight excluding hydrogens is 354 g/mol. The number of nitrogens with zero attached hydrogens (tertiary/aromatic N) is 5.